The molecule has 1 aromatic heterocycles. The zero-order valence-electron chi connectivity index (χ0n) is 10.1. The number of rotatable bonds is 2. The first-order valence-corrected chi connectivity index (χ1v) is 6.33. The second-order valence-corrected chi connectivity index (χ2v) is 6.31. The van der Waals surface area contributed by atoms with E-state index in [9.17, 15) is 0 Å². The van der Waals surface area contributed by atoms with Gasteiger partial charge in [0.05, 0.1) is 10.9 Å². The van der Waals surface area contributed by atoms with Crippen LogP contribution in [0.1, 0.15) is 25.6 Å². The van der Waals surface area contributed by atoms with Crippen molar-refractivity contribution in [1.82, 2.24) is 10.6 Å². The van der Waals surface area contributed by atoms with Crippen molar-refractivity contribution in [3.8, 4) is 0 Å². The lowest BCUT2D eigenvalue weighted by Gasteiger charge is -2.23. The van der Waals surface area contributed by atoms with Crippen LogP contribution in [-0.4, -0.2) is 18.5 Å². The maximum absolute atomic E-state index is 5.86. The summed E-state index contributed by atoms with van der Waals surface area (Å²) in [5.74, 6) is 0.803. The molecule has 0 amide bonds. The van der Waals surface area contributed by atoms with Crippen LogP contribution in [0.5, 0.6) is 0 Å². The topological polar surface area (TPSA) is 36.4 Å². The lowest BCUT2D eigenvalue weighted by Crippen LogP contribution is -2.47. The molecule has 0 aliphatic rings. The van der Waals surface area contributed by atoms with Gasteiger partial charge in [0.1, 0.15) is 0 Å². The van der Waals surface area contributed by atoms with E-state index in [1.807, 2.05) is 12.1 Å². The summed E-state index contributed by atoms with van der Waals surface area (Å²) in [6, 6.07) is 3.92. The molecule has 3 nitrogen and oxygen atoms in total. The molecule has 0 atom stereocenters. The van der Waals surface area contributed by atoms with Crippen molar-refractivity contribution in [3.05, 3.63) is 21.3 Å². The molecule has 0 saturated carbocycles. The summed E-state index contributed by atoms with van der Waals surface area (Å²) in [5, 5.41) is 6.54. The number of aliphatic imine (C=N–C) groups is 1. The molecule has 16 heavy (non-hydrogen) atoms. The molecule has 0 radical (unpaired) electrons. The second kappa shape index (κ2) is 5.55. The normalized spacial score (nSPS) is 12.7. The fourth-order valence-corrected chi connectivity index (χ4v) is 2.18. The summed E-state index contributed by atoms with van der Waals surface area (Å²) in [6.07, 6.45) is 0. The van der Waals surface area contributed by atoms with E-state index < -0.39 is 0 Å². The Morgan fingerprint density at radius 3 is 2.56 bits per heavy atom. The number of nitrogens with one attached hydrogen (secondary N) is 2. The summed E-state index contributed by atoms with van der Waals surface area (Å²) in [7, 11) is 1.77. The zero-order valence-corrected chi connectivity index (χ0v) is 11.7. The third-order valence-electron chi connectivity index (χ3n) is 1.78. The Balaban J connectivity index is 2.47. The fourth-order valence-electron chi connectivity index (χ4n) is 1.15. The zero-order chi connectivity index (χ0) is 12.2. The van der Waals surface area contributed by atoms with Gasteiger partial charge in [-0.2, -0.15) is 0 Å². The first kappa shape index (κ1) is 13.3. The molecule has 1 aromatic rings. The highest BCUT2D eigenvalue weighted by Gasteiger charge is 2.11. The van der Waals surface area contributed by atoms with E-state index in [2.05, 4.69) is 36.4 Å². The number of halogens is 1. The van der Waals surface area contributed by atoms with Gasteiger partial charge in [-0.1, -0.05) is 11.6 Å². The minimum absolute atomic E-state index is 0.00887. The summed E-state index contributed by atoms with van der Waals surface area (Å²) in [5.41, 5.74) is 0.00887. The third-order valence-corrected chi connectivity index (χ3v) is 3.01. The Morgan fingerprint density at radius 2 is 2.12 bits per heavy atom. The molecule has 0 aromatic carbocycles. The van der Waals surface area contributed by atoms with Gasteiger partial charge in [0, 0.05) is 17.5 Å². The van der Waals surface area contributed by atoms with Gasteiger partial charge in [0.2, 0.25) is 0 Å². The molecular weight excluding hydrogens is 242 g/mol. The van der Waals surface area contributed by atoms with E-state index in [4.69, 9.17) is 11.6 Å². The van der Waals surface area contributed by atoms with Crippen LogP contribution in [0.3, 0.4) is 0 Å². The van der Waals surface area contributed by atoms with Gasteiger partial charge >= 0.3 is 0 Å². The van der Waals surface area contributed by atoms with Gasteiger partial charge in [-0.25, -0.2) is 0 Å². The molecule has 0 unspecified atom stereocenters. The molecule has 90 valence electrons. The third kappa shape index (κ3) is 4.86. The van der Waals surface area contributed by atoms with Gasteiger partial charge in [-0.3, -0.25) is 4.99 Å². The summed E-state index contributed by atoms with van der Waals surface area (Å²) < 4.78 is 0.815. The van der Waals surface area contributed by atoms with Crippen molar-refractivity contribution in [2.24, 2.45) is 4.99 Å². The Hall–Kier alpha value is -0.740. The lowest BCUT2D eigenvalue weighted by molar-refractivity contribution is 0.501. The minimum atomic E-state index is 0.00887. The van der Waals surface area contributed by atoms with Gasteiger partial charge < -0.3 is 10.6 Å². The predicted octanol–water partition coefficient (Wildman–Crippen LogP) is 2.87. The molecule has 0 saturated heterocycles. The Labute approximate surface area is 106 Å². The standard InChI is InChI=1S/C11H18ClN3S/c1-11(2,3)15-10(13-4)14-7-8-5-6-9(12)16-8/h5-6H,7H2,1-4H3,(H2,13,14,15). The number of hydrogen-bond acceptors (Lipinski definition) is 2. The van der Waals surface area contributed by atoms with Crippen LogP contribution in [0.4, 0.5) is 0 Å². The number of guanidine groups is 1. The molecule has 1 rings (SSSR count). The SMILES string of the molecule is CN=C(NCc1ccc(Cl)s1)NC(C)(C)C. The van der Waals surface area contributed by atoms with Gasteiger partial charge in [-0.15, -0.1) is 11.3 Å². The van der Waals surface area contributed by atoms with Crippen LogP contribution in [0.25, 0.3) is 0 Å². The molecule has 0 aliphatic heterocycles. The molecular formula is C11H18ClN3S. The van der Waals surface area contributed by atoms with Crippen LogP contribution >= 0.6 is 22.9 Å². The Kier molecular flexibility index (Phi) is 4.62. The van der Waals surface area contributed by atoms with Gasteiger partial charge in [0.25, 0.3) is 0 Å². The smallest absolute Gasteiger partial charge is 0.191 e. The average Bonchev–Trinajstić information content (AvgIpc) is 2.57. The highest BCUT2D eigenvalue weighted by atomic mass is 35.5. The highest BCUT2D eigenvalue weighted by Crippen LogP contribution is 2.20. The van der Waals surface area contributed by atoms with Crippen LogP contribution in [-0.2, 0) is 6.54 Å². The molecule has 0 fully saturated rings. The van der Waals surface area contributed by atoms with Crippen LogP contribution in [0, 0.1) is 0 Å². The van der Waals surface area contributed by atoms with E-state index >= 15 is 0 Å². The number of hydrogen-bond donors (Lipinski definition) is 2. The van der Waals surface area contributed by atoms with Gasteiger partial charge in [-0.05, 0) is 32.9 Å². The molecule has 0 bridgehead atoms. The van der Waals surface area contributed by atoms with Crippen molar-refractivity contribution in [1.29, 1.82) is 0 Å². The molecule has 1 heterocycles. The molecule has 0 aliphatic carbocycles. The predicted molar refractivity (Wildman–Crippen MR) is 72.4 cm³/mol. The van der Waals surface area contributed by atoms with E-state index in [0.29, 0.717) is 0 Å². The van der Waals surface area contributed by atoms with E-state index in [1.54, 1.807) is 18.4 Å². The van der Waals surface area contributed by atoms with E-state index in [0.717, 1.165) is 16.8 Å². The molecule has 0 spiro atoms. The van der Waals surface area contributed by atoms with E-state index in [1.165, 1.54) is 4.88 Å². The quantitative estimate of drug-likeness (QED) is 0.633. The van der Waals surface area contributed by atoms with Crippen molar-refractivity contribution in [3.63, 3.8) is 0 Å². The summed E-state index contributed by atoms with van der Waals surface area (Å²) in [6.45, 7) is 7.04. The van der Waals surface area contributed by atoms with Crippen molar-refractivity contribution in [2.75, 3.05) is 7.05 Å². The first-order valence-electron chi connectivity index (χ1n) is 5.14. The number of nitrogens with zero attached hydrogens (tertiary/aromatic N) is 1. The molecule has 5 heteroatoms. The highest BCUT2D eigenvalue weighted by molar-refractivity contribution is 7.16. The van der Waals surface area contributed by atoms with Crippen LogP contribution in [0.15, 0.2) is 17.1 Å². The Bertz CT molecular complexity index is 366. The van der Waals surface area contributed by atoms with Crippen molar-refractivity contribution in [2.45, 2.75) is 32.9 Å². The maximum Gasteiger partial charge on any atom is 0.191 e. The molecule has 2 N–H and O–H groups in total. The van der Waals surface area contributed by atoms with E-state index in [-0.39, 0.29) is 5.54 Å². The maximum atomic E-state index is 5.86. The Morgan fingerprint density at radius 1 is 1.44 bits per heavy atom. The monoisotopic (exact) mass is 259 g/mol. The lowest BCUT2D eigenvalue weighted by atomic mass is 10.1. The first-order chi connectivity index (χ1) is 7.40. The fraction of sp³-hybridized carbons (Fsp3) is 0.545. The van der Waals surface area contributed by atoms with Crippen LogP contribution in [0.2, 0.25) is 4.34 Å². The van der Waals surface area contributed by atoms with Gasteiger partial charge in [0.15, 0.2) is 5.96 Å². The number of thiophene rings is 1. The van der Waals surface area contributed by atoms with Crippen LogP contribution < -0.4 is 10.6 Å². The largest absolute Gasteiger partial charge is 0.352 e. The summed E-state index contributed by atoms with van der Waals surface area (Å²) >= 11 is 7.44. The minimum Gasteiger partial charge on any atom is -0.352 e. The summed E-state index contributed by atoms with van der Waals surface area (Å²) in [4.78, 5) is 5.36. The second-order valence-electron chi connectivity index (χ2n) is 4.51. The van der Waals surface area contributed by atoms with Crippen molar-refractivity contribution >= 4 is 28.9 Å². The van der Waals surface area contributed by atoms with Crippen molar-refractivity contribution < 1.29 is 0 Å². The average molecular weight is 260 g/mol.